The fourth-order valence-corrected chi connectivity index (χ4v) is 1.97. The third-order valence-corrected chi connectivity index (χ3v) is 2.94. The Morgan fingerprint density at radius 1 is 1.18 bits per heavy atom. The highest BCUT2D eigenvalue weighted by Crippen LogP contribution is 2.35. The van der Waals surface area contributed by atoms with Gasteiger partial charge >= 0.3 is 6.18 Å². The average Bonchev–Trinajstić information content (AvgIpc) is 2.29. The molecule has 0 aromatic heterocycles. The van der Waals surface area contributed by atoms with E-state index >= 15 is 0 Å². The van der Waals surface area contributed by atoms with E-state index in [1.165, 1.54) is 6.07 Å². The molecule has 2 rings (SSSR count). The van der Waals surface area contributed by atoms with Crippen LogP contribution in [0.3, 0.4) is 0 Å². The lowest BCUT2D eigenvalue weighted by Gasteiger charge is -2.30. The first kappa shape index (κ1) is 12.5. The van der Waals surface area contributed by atoms with Gasteiger partial charge in [-0.25, -0.2) is 0 Å². The number of ether oxygens (including phenoxy) is 1. The number of hydrogen-bond donors (Lipinski definition) is 0. The zero-order chi connectivity index (χ0) is 12.5. The second kappa shape index (κ2) is 4.74. The molecular formula is C11H11ClF3NO. The Morgan fingerprint density at radius 3 is 2.41 bits per heavy atom. The summed E-state index contributed by atoms with van der Waals surface area (Å²) in [6.45, 7) is 2.13. The maximum atomic E-state index is 12.6. The predicted molar refractivity (Wildman–Crippen MR) is 59.5 cm³/mol. The molecule has 0 atom stereocenters. The Hall–Kier alpha value is -0.940. The third-order valence-electron chi connectivity index (χ3n) is 2.63. The van der Waals surface area contributed by atoms with Crippen molar-refractivity contribution in [3.8, 4) is 0 Å². The maximum absolute atomic E-state index is 12.6. The van der Waals surface area contributed by atoms with Gasteiger partial charge in [-0.1, -0.05) is 11.6 Å². The van der Waals surface area contributed by atoms with Gasteiger partial charge in [0.1, 0.15) is 0 Å². The number of anilines is 1. The van der Waals surface area contributed by atoms with Crippen LogP contribution in [0.5, 0.6) is 0 Å². The van der Waals surface area contributed by atoms with Gasteiger partial charge in [-0.2, -0.15) is 13.2 Å². The van der Waals surface area contributed by atoms with Crippen molar-refractivity contribution in [3.63, 3.8) is 0 Å². The summed E-state index contributed by atoms with van der Waals surface area (Å²) in [5.74, 6) is 0. The lowest BCUT2D eigenvalue weighted by Crippen LogP contribution is -2.36. The molecule has 1 fully saturated rings. The standard InChI is InChI=1S/C11H11ClF3NO/c12-9-2-1-8(11(13,14)15)7-10(9)16-3-5-17-6-4-16/h1-2,7H,3-6H2. The molecule has 94 valence electrons. The molecule has 0 N–H and O–H groups in total. The minimum Gasteiger partial charge on any atom is -0.378 e. The summed E-state index contributed by atoms with van der Waals surface area (Å²) in [7, 11) is 0. The molecule has 1 aliphatic heterocycles. The van der Waals surface area contributed by atoms with Gasteiger partial charge < -0.3 is 9.64 Å². The van der Waals surface area contributed by atoms with Crippen molar-refractivity contribution < 1.29 is 17.9 Å². The van der Waals surface area contributed by atoms with Gasteiger partial charge in [0.2, 0.25) is 0 Å². The molecule has 2 nitrogen and oxygen atoms in total. The largest absolute Gasteiger partial charge is 0.416 e. The van der Waals surface area contributed by atoms with Crippen LogP contribution < -0.4 is 4.90 Å². The van der Waals surface area contributed by atoms with E-state index in [4.69, 9.17) is 16.3 Å². The number of hydrogen-bond acceptors (Lipinski definition) is 2. The number of nitrogens with zero attached hydrogens (tertiary/aromatic N) is 1. The van der Waals surface area contributed by atoms with E-state index in [-0.39, 0.29) is 0 Å². The minimum absolute atomic E-state index is 0.333. The first-order chi connectivity index (χ1) is 7.98. The van der Waals surface area contributed by atoms with Gasteiger partial charge in [0.15, 0.2) is 0 Å². The smallest absolute Gasteiger partial charge is 0.378 e. The number of benzene rings is 1. The highest BCUT2D eigenvalue weighted by molar-refractivity contribution is 6.33. The predicted octanol–water partition coefficient (Wildman–Crippen LogP) is 3.20. The van der Waals surface area contributed by atoms with Crippen molar-refractivity contribution in [1.82, 2.24) is 0 Å². The molecule has 1 aromatic rings. The molecule has 0 saturated carbocycles. The van der Waals surface area contributed by atoms with Crippen LogP contribution in [0, 0.1) is 0 Å². The summed E-state index contributed by atoms with van der Waals surface area (Å²) in [6, 6.07) is 3.37. The van der Waals surface area contributed by atoms with E-state index in [2.05, 4.69) is 0 Å². The van der Waals surface area contributed by atoms with Gasteiger partial charge in [-0.15, -0.1) is 0 Å². The lowest BCUT2D eigenvalue weighted by molar-refractivity contribution is -0.137. The third kappa shape index (κ3) is 2.84. The summed E-state index contributed by atoms with van der Waals surface area (Å²) >= 11 is 5.93. The summed E-state index contributed by atoms with van der Waals surface area (Å²) in [6.07, 6.45) is -4.34. The van der Waals surface area contributed by atoms with Gasteiger partial charge in [-0.05, 0) is 18.2 Å². The number of rotatable bonds is 1. The molecule has 0 amide bonds. The van der Waals surface area contributed by atoms with Crippen LogP contribution in [0.2, 0.25) is 5.02 Å². The van der Waals surface area contributed by atoms with Crippen molar-refractivity contribution in [3.05, 3.63) is 28.8 Å². The van der Waals surface area contributed by atoms with Crippen LogP contribution >= 0.6 is 11.6 Å². The zero-order valence-corrected chi connectivity index (χ0v) is 9.68. The average molecular weight is 266 g/mol. The number of halogens is 4. The molecule has 6 heteroatoms. The van der Waals surface area contributed by atoms with E-state index in [0.717, 1.165) is 12.1 Å². The molecule has 1 saturated heterocycles. The van der Waals surface area contributed by atoms with Crippen LogP contribution in [0.1, 0.15) is 5.56 Å². The molecule has 0 bridgehead atoms. The van der Waals surface area contributed by atoms with Crippen LogP contribution in [-0.2, 0) is 10.9 Å². The second-order valence-corrected chi connectivity index (χ2v) is 4.17. The van der Waals surface area contributed by atoms with Gasteiger partial charge in [-0.3, -0.25) is 0 Å². The molecule has 17 heavy (non-hydrogen) atoms. The second-order valence-electron chi connectivity index (χ2n) is 3.76. The van der Waals surface area contributed by atoms with Crippen LogP contribution in [0.25, 0.3) is 0 Å². The maximum Gasteiger partial charge on any atom is 0.416 e. The number of morpholine rings is 1. The fourth-order valence-electron chi connectivity index (χ4n) is 1.74. The van der Waals surface area contributed by atoms with Crippen molar-refractivity contribution >= 4 is 17.3 Å². The van der Waals surface area contributed by atoms with Crippen LogP contribution in [0.4, 0.5) is 18.9 Å². The van der Waals surface area contributed by atoms with Crippen molar-refractivity contribution in [2.24, 2.45) is 0 Å². The zero-order valence-electron chi connectivity index (χ0n) is 8.93. The Labute approximate surface area is 102 Å². The SMILES string of the molecule is FC(F)(F)c1ccc(Cl)c(N2CCOCC2)c1. The topological polar surface area (TPSA) is 12.5 Å². The van der Waals surface area contributed by atoms with E-state index in [1.807, 2.05) is 0 Å². The highest BCUT2D eigenvalue weighted by Gasteiger charge is 2.31. The highest BCUT2D eigenvalue weighted by atomic mass is 35.5. The first-order valence-corrected chi connectivity index (χ1v) is 5.56. The van der Waals surface area contributed by atoms with Gasteiger partial charge in [0.05, 0.1) is 29.5 Å². The fraction of sp³-hybridized carbons (Fsp3) is 0.455. The Kier molecular flexibility index (Phi) is 3.49. The van der Waals surface area contributed by atoms with Crippen molar-refractivity contribution in [1.29, 1.82) is 0 Å². The molecule has 0 spiro atoms. The molecular weight excluding hydrogens is 255 g/mol. The normalized spacial score (nSPS) is 17.3. The Balaban J connectivity index is 2.31. The first-order valence-electron chi connectivity index (χ1n) is 5.18. The van der Waals surface area contributed by atoms with E-state index in [0.29, 0.717) is 37.0 Å². The van der Waals surface area contributed by atoms with Crippen molar-refractivity contribution in [2.45, 2.75) is 6.18 Å². The number of alkyl halides is 3. The summed E-state index contributed by atoms with van der Waals surface area (Å²) in [5.41, 5.74) is -0.256. The molecule has 1 aliphatic rings. The Bertz CT molecular complexity index is 402. The van der Waals surface area contributed by atoms with Crippen LogP contribution in [0.15, 0.2) is 18.2 Å². The van der Waals surface area contributed by atoms with Gasteiger partial charge in [0.25, 0.3) is 0 Å². The quantitative estimate of drug-likeness (QED) is 0.773. The monoisotopic (exact) mass is 265 g/mol. The van der Waals surface area contributed by atoms with Crippen molar-refractivity contribution in [2.75, 3.05) is 31.2 Å². The van der Waals surface area contributed by atoms with Gasteiger partial charge in [0, 0.05) is 13.1 Å². The molecule has 1 heterocycles. The molecule has 0 unspecified atom stereocenters. The molecule has 0 aliphatic carbocycles. The lowest BCUT2D eigenvalue weighted by atomic mass is 10.1. The summed E-state index contributed by atoms with van der Waals surface area (Å²) in [5, 5.41) is 0.333. The van der Waals surface area contributed by atoms with Crippen LogP contribution in [-0.4, -0.2) is 26.3 Å². The minimum atomic E-state index is -4.34. The molecule has 0 radical (unpaired) electrons. The Morgan fingerprint density at radius 2 is 1.82 bits per heavy atom. The van der Waals surface area contributed by atoms with E-state index in [1.54, 1.807) is 4.90 Å². The summed E-state index contributed by atoms with van der Waals surface area (Å²) in [4.78, 5) is 1.81. The summed E-state index contributed by atoms with van der Waals surface area (Å²) < 4.78 is 42.9. The molecule has 1 aromatic carbocycles. The van der Waals surface area contributed by atoms with E-state index in [9.17, 15) is 13.2 Å². The van der Waals surface area contributed by atoms with E-state index < -0.39 is 11.7 Å².